The zero-order valence-corrected chi connectivity index (χ0v) is 13.2. The highest BCUT2D eigenvalue weighted by atomic mass is 32.2. The van der Waals surface area contributed by atoms with Crippen LogP contribution in [0.3, 0.4) is 0 Å². The maximum Gasteiger partial charge on any atom is 0.241 e. The molecule has 2 rings (SSSR count). The van der Waals surface area contributed by atoms with Gasteiger partial charge in [0, 0.05) is 37.6 Å². The van der Waals surface area contributed by atoms with Crippen LogP contribution in [-0.4, -0.2) is 59.8 Å². The van der Waals surface area contributed by atoms with Crippen molar-refractivity contribution in [1.29, 1.82) is 0 Å². The lowest BCUT2D eigenvalue weighted by atomic mass is 10.4. The lowest BCUT2D eigenvalue weighted by Gasteiger charge is -2.26. The number of ether oxygens (including phenoxy) is 1. The summed E-state index contributed by atoms with van der Waals surface area (Å²) in [6.45, 7) is 4.90. The van der Waals surface area contributed by atoms with Crippen LogP contribution in [0.5, 0.6) is 0 Å². The van der Waals surface area contributed by atoms with Crippen molar-refractivity contribution in [1.82, 2.24) is 14.9 Å². The minimum absolute atomic E-state index is 0.388. The first kappa shape index (κ1) is 15.9. The Balaban J connectivity index is 1.88. The number of sulfonamides is 1. The van der Waals surface area contributed by atoms with Gasteiger partial charge >= 0.3 is 0 Å². The molecule has 1 aliphatic heterocycles. The summed E-state index contributed by atoms with van der Waals surface area (Å²) in [6.07, 6.45) is 0. The first-order chi connectivity index (χ1) is 9.63. The predicted octanol–water partition coefficient (Wildman–Crippen LogP) is 0.0780. The van der Waals surface area contributed by atoms with Crippen LogP contribution >= 0.6 is 11.3 Å². The van der Waals surface area contributed by atoms with Crippen LogP contribution in [0.1, 0.15) is 4.88 Å². The number of nitrogens with one attached hydrogen (secondary N) is 2. The monoisotopic (exact) mass is 319 g/mol. The fourth-order valence-corrected chi connectivity index (χ4v) is 4.57. The molecule has 0 atom stereocenters. The molecule has 0 aromatic carbocycles. The third kappa shape index (κ3) is 4.24. The summed E-state index contributed by atoms with van der Waals surface area (Å²) >= 11 is 1.45. The third-order valence-electron chi connectivity index (χ3n) is 3.16. The van der Waals surface area contributed by atoms with E-state index in [1.165, 1.54) is 11.3 Å². The van der Waals surface area contributed by atoms with E-state index < -0.39 is 10.0 Å². The standard InChI is InChI=1S/C12H21N3O3S2/c1-13-10-11-12(2-9-19-11)20(16,17)14-3-4-15-5-7-18-8-6-15/h2,9,13-14H,3-8,10H2,1H3. The molecular formula is C12H21N3O3S2. The van der Waals surface area contributed by atoms with Crippen molar-refractivity contribution in [3.8, 4) is 0 Å². The molecular weight excluding hydrogens is 298 g/mol. The summed E-state index contributed by atoms with van der Waals surface area (Å²) < 4.78 is 32.4. The van der Waals surface area contributed by atoms with E-state index in [0.717, 1.165) is 31.2 Å². The Hall–Kier alpha value is -0.510. The second kappa shape index (κ2) is 7.48. The Morgan fingerprint density at radius 3 is 2.85 bits per heavy atom. The molecule has 0 aliphatic carbocycles. The van der Waals surface area contributed by atoms with Crippen molar-refractivity contribution < 1.29 is 13.2 Å². The molecule has 0 bridgehead atoms. The smallest absolute Gasteiger partial charge is 0.241 e. The molecule has 6 nitrogen and oxygen atoms in total. The van der Waals surface area contributed by atoms with Gasteiger partial charge in [-0.15, -0.1) is 11.3 Å². The molecule has 0 unspecified atom stereocenters. The van der Waals surface area contributed by atoms with Gasteiger partial charge in [0.2, 0.25) is 10.0 Å². The highest BCUT2D eigenvalue weighted by molar-refractivity contribution is 7.89. The quantitative estimate of drug-likeness (QED) is 0.745. The highest BCUT2D eigenvalue weighted by Crippen LogP contribution is 2.21. The molecule has 2 heterocycles. The van der Waals surface area contributed by atoms with E-state index in [-0.39, 0.29) is 0 Å². The molecule has 2 N–H and O–H groups in total. The average molecular weight is 319 g/mol. The molecule has 1 fully saturated rings. The fraction of sp³-hybridized carbons (Fsp3) is 0.667. The number of morpholine rings is 1. The Morgan fingerprint density at radius 1 is 1.40 bits per heavy atom. The van der Waals surface area contributed by atoms with Crippen LogP contribution in [0.4, 0.5) is 0 Å². The van der Waals surface area contributed by atoms with E-state index >= 15 is 0 Å². The molecule has 20 heavy (non-hydrogen) atoms. The average Bonchev–Trinajstić information content (AvgIpc) is 2.89. The molecule has 0 spiro atoms. The van der Waals surface area contributed by atoms with Gasteiger partial charge in [0.05, 0.1) is 18.1 Å². The summed E-state index contributed by atoms with van der Waals surface area (Å²) in [6, 6.07) is 1.66. The Morgan fingerprint density at radius 2 is 2.15 bits per heavy atom. The summed E-state index contributed by atoms with van der Waals surface area (Å²) in [5.74, 6) is 0. The first-order valence-corrected chi connectivity index (χ1v) is 9.00. The number of hydrogen-bond acceptors (Lipinski definition) is 6. The molecule has 0 amide bonds. The Bertz CT molecular complexity index is 510. The van der Waals surface area contributed by atoms with Gasteiger partial charge in [-0.1, -0.05) is 0 Å². The highest BCUT2D eigenvalue weighted by Gasteiger charge is 2.19. The number of thiophene rings is 1. The van der Waals surface area contributed by atoms with Gasteiger partial charge < -0.3 is 10.1 Å². The van der Waals surface area contributed by atoms with E-state index in [1.807, 2.05) is 12.4 Å². The molecule has 1 saturated heterocycles. The summed E-state index contributed by atoms with van der Waals surface area (Å²) in [5.41, 5.74) is 0. The van der Waals surface area contributed by atoms with Crippen molar-refractivity contribution in [3.63, 3.8) is 0 Å². The molecule has 1 aromatic heterocycles. The van der Waals surface area contributed by atoms with Crippen molar-refractivity contribution in [2.75, 3.05) is 46.4 Å². The van der Waals surface area contributed by atoms with Crippen LogP contribution in [0.25, 0.3) is 0 Å². The van der Waals surface area contributed by atoms with E-state index in [4.69, 9.17) is 4.74 Å². The number of nitrogens with zero attached hydrogens (tertiary/aromatic N) is 1. The second-order valence-corrected chi connectivity index (χ2v) is 7.33. The van der Waals surface area contributed by atoms with Crippen LogP contribution in [0.2, 0.25) is 0 Å². The number of hydrogen-bond donors (Lipinski definition) is 2. The molecule has 0 radical (unpaired) electrons. The van der Waals surface area contributed by atoms with Crippen LogP contribution in [-0.2, 0) is 21.3 Å². The fourth-order valence-electron chi connectivity index (χ4n) is 2.10. The second-order valence-electron chi connectivity index (χ2n) is 4.59. The van der Waals surface area contributed by atoms with E-state index in [2.05, 4.69) is 14.9 Å². The van der Waals surface area contributed by atoms with Gasteiger partial charge in [-0.3, -0.25) is 4.90 Å². The van der Waals surface area contributed by atoms with Crippen molar-refractivity contribution >= 4 is 21.4 Å². The van der Waals surface area contributed by atoms with Crippen LogP contribution in [0, 0.1) is 0 Å². The Kier molecular flexibility index (Phi) is 5.94. The molecule has 1 aliphatic rings. The van der Waals surface area contributed by atoms with Gasteiger partial charge in [-0.25, -0.2) is 13.1 Å². The molecule has 114 valence electrons. The number of rotatable bonds is 7. The summed E-state index contributed by atoms with van der Waals surface area (Å²) in [5, 5.41) is 4.80. The zero-order valence-electron chi connectivity index (χ0n) is 11.6. The lowest BCUT2D eigenvalue weighted by molar-refractivity contribution is 0.0390. The normalized spacial score (nSPS) is 17.4. The van der Waals surface area contributed by atoms with Crippen molar-refractivity contribution in [2.45, 2.75) is 11.4 Å². The van der Waals surface area contributed by atoms with Gasteiger partial charge in [0.15, 0.2) is 0 Å². The van der Waals surface area contributed by atoms with Gasteiger partial charge in [-0.05, 0) is 18.5 Å². The topological polar surface area (TPSA) is 70.7 Å². The minimum Gasteiger partial charge on any atom is -0.379 e. The van der Waals surface area contributed by atoms with Gasteiger partial charge in [-0.2, -0.15) is 0 Å². The maximum absolute atomic E-state index is 12.3. The van der Waals surface area contributed by atoms with Gasteiger partial charge in [0.25, 0.3) is 0 Å². The summed E-state index contributed by atoms with van der Waals surface area (Å²) in [7, 11) is -1.60. The Labute approximate surface area is 124 Å². The SMILES string of the molecule is CNCc1sccc1S(=O)(=O)NCCN1CCOCC1. The minimum atomic E-state index is -3.41. The van der Waals surface area contributed by atoms with E-state index in [0.29, 0.717) is 24.5 Å². The van der Waals surface area contributed by atoms with Gasteiger partial charge in [0.1, 0.15) is 0 Å². The third-order valence-corrected chi connectivity index (χ3v) is 5.75. The zero-order chi connectivity index (χ0) is 14.4. The lowest BCUT2D eigenvalue weighted by Crippen LogP contribution is -2.41. The molecule has 1 aromatic rings. The molecule has 0 saturated carbocycles. The predicted molar refractivity (Wildman–Crippen MR) is 79.5 cm³/mol. The molecule has 8 heteroatoms. The van der Waals surface area contributed by atoms with Crippen LogP contribution < -0.4 is 10.0 Å². The van der Waals surface area contributed by atoms with Crippen LogP contribution in [0.15, 0.2) is 16.3 Å². The summed E-state index contributed by atoms with van der Waals surface area (Å²) in [4.78, 5) is 3.43. The van der Waals surface area contributed by atoms with E-state index in [1.54, 1.807) is 6.07 Å². The first-order valence-electron chi connectivity index (χ1n) is 6.64. The largest absolute Gasteiger partial charge is 0.379 e. The maximum atomic E-state index is 12.3. The van der Waals surface area contributed by atoms with Crippen molar-refractivity contribution in [2.24, 2.45) is 0 Å². The van der Waals surface area contributed by atoms with Crippen molar-refractivity contribution in [3.05, 3.63) is 16.3 Å². The van der Waals surface area contributed by atoms with E-state index in [9.17, 15) is 8.42 Å².